The molecule has 0 bridgehead atoms. The summed E-state index contributed by atoms with van der Waals surface area (Å²) < 4.78 is 5.63. The maximum Gasteiger partial charge on any atom is 0.254 e. The Bertz CT molecular complexity index is 829. The first-order chi connectivity index (χ1) is 11.1. The highest BCUT2D eigenvalue weighted by atomic mass is 35.5. The van der Waals surface area contributed by atoms with E-state index in [0.717, 1.165) is 10.9 Å². The van der Waals surface area contributed by atoms with Crippen LogP contribution >= 0.6 is 11.6 Å². The number of nitrogens with zero attached hydrogens (tertiary/aromatic N) is 1. The summed E-state index contributed by atoms with van der Waals surface area (Å²) in [5, 5.41) is 1.56. The standard InChI is InChI=1S/C18H17ClN2O2/c1-21(10-11-23-14-5-2-4-13(19)12-14)18(22)16-6-3-7-17-15(16)8-9-20-17/h2-9,12,20H,10-11H2,1H3. The predicted octanol–water partition coefficient (Wildman–Crippen LogP) is 3.97. The number of likely N-dealkylation sites (N-methyl/N-ethyl adjacent to an activating group) is 1. The molecular formula is C18H17ClN2O2. The largest absolute Gasteiger partial charge is 0.492 e. The molecule has 2 aromatic carbocycles. The summed E-state index contributed by atoms with van der Waals surface area (Å²) >= 11 is 5.91. The van der Waals surface area contributed by atoms with Crippen molar-refractivity contribution in [2.75, 3.05) is 20.2 Å². The van der Waals surface area contributed by atoms with Gasteiger partial charge in [0.25, 0.3) is 5.91 Å². The Balaban J connectivity index is 1.63. The number of carbonyl (C=O) groups is 1. The molecule has 0 aliphatic heterocycles. The van der Waals surface area contributed by atoms with Gasteiger partial charge in [0.05, 0.1) is 6.54 Å². The van der Waals surface area contributed by atoms with Gasteiger partial charge in [-0.25, -0.2) is 0 Å². The minimum atomic E-state index is -0.0232. The van der Waals surface area contributed by atoms with Crippen molar-refractivity contribution >= 4 is 28.4 Å². The molecule has 23 heavy (non-hydrogen) atoms. The quantitative estimate of drug-likeness (QED) is 0.770. The molecule has 0 fully saturated rings. The second-order valence-corrected chi connectivity index (χ2v) is 5.71. The van der Waals surface area contributed by atoms with E-state index < -0.39 is 0 Å². The fourth-order valence-corrected chi connectivity index (χ4v) is 2.62. The van der Waals surface area contributed by atoms with Gasteiger partial charge < -0.3 is 14.6 Å². The topological polar surface area (TPSA) is 45.3 Å². The van der Waals surface area contributed by atoms with E-state index in [0.29, 0.717) is 29.5 Å². The first kappa shape index (κ1) is 15.4. The van der Waals surface area contributed by atoms with Gasteiger partial charge in [-0.3, -0.25) is 4.79 Å². The van der Waals surface area contributed by atoms with Crippen molar-refractivity contribution < 1.29 is 9.53 Å². The Hall–Kier alpha value is -2.46. The van der Waals surface area contributed by atoms with E-state index in [2.05, 4.69) is 4.98 Å². The zero-order valence-electron chi connectivity index (χ0n) is 12.8. The number of aromatic amines is 1. The SMILES string of the molecule is CN(CCOc1cccc(Cl)c1)C(=O)c1cccc2[nH]ccc12. The highest BCUT2D eigenvalue weighted by Gasteiger charge is 2.14. The Kier molecular flexibility index (Phi) is 4.53. The van der Waals surface area contributed by atoms with Crippen molar-refractivity contribution in [2.45, 2.75) is 0 Å². The number of amides is 1. The fourth-order valence-electron chi connectivity index (χ4n) is 2.44. The van der Waals surface area contributed by atoms with Crippen LogP contribution in [-0.4, -0.2) is 36.0 Å². The fraction of sp³-hybridized carbons (Fsp3) is 0.167. The number of aromatic nitrogens is 1. The average molecular weight is 329 g/mol. The van der Waals surface area contributed by atoms with Crippen LogP contribution in [0, 0.1) is 0 Å². The summed E-state index contributed by atoms with van der Waals surface area (Å²) in [7, 11) is 1.77. The van der Waals surface area contributed by atoms with E-state index in [-0.39, 0.29) is 5.91 Å². The summed E-state index contributed by atoms with van der Waals surface area (Å²) in [4.78, 5) is 17.4. The molecule has 5 heteroatoms. The van der Waals surface area contributed by atoms with Crippen LogP contribution in [0.3, 0.4) is 0 Å². The van der Waals surface area contributed by atoms with Gasteiger partial charge in [0.1, 0.15) is 12.4 Å². The number of hydrogen-bond acceptors (Lipinski definition) is 2. The van der Waals surface area contributed by atoms with Crippen LogP contribution in [-0.2, 0) is 0 Å². The second kappa shape index (κ2) is 6.75. The molecule has 1 N–H and O–H groups in total. The number of nitrogens with one attached hydrogen (secondary N) is 1. The molecular weight excluding hydrogens is 312 g/mol. The molecule has 118 valence electrons. The van der Waals surface area contributed by atoms with Crippen LogP contribution in [0.1, 0.15) is 10.4 Å². The maximum absolute atomic E-state index is 12.6. The lowest BCUT2D eigenvalue weighted by atomic mass is 10.1. The molecule has 0 atom stereocenters. The smallest absolute Gasteiger partial charge is 0.254 e. The van der Waals surface area contributed by atoms with Crippen LogP contribution in [0.15, 0.2) is 54.7 Å². The number of ether oxygens (including phenoxy) is 1. The molecule has 0 aliphatic rings. The zero-order chi connectivity index (χ0) is 16.2. The third-order valence-electron chi connectivity index (χ3n) is 3.66. The van der Waals surface area contributed by atoms with Crippen LogP contribution in [0.5, 0.6) is 5.75 Å². The normalized spacial score (nSPS) is 10.7. The Labute approximate surface area is 139 Å². The predicted molar refractivity (Wildman–Crippen MR) is 92.2 cm³/mol. The number of H-pyrrole nitrogens is 1. The van der Waals surface area contributed by atoms with Crippen molar-refractivity contribution in [3.8, 4) is 5.75 Å². The van der Waals surface area contributed by atoms with Crippen LogP contribution in [0.4, 0.5) is 0 Å². The Morgan fingerprint density at radius 3 is 2.87 bits per heavy atom. The summed E-state index contributed by atoms with van der Waals surface area (Å²) in [5.41, 5.74) is 1.65. The molecule has 0 radical (unpaired) electrons. The molecule has 3 aromatic rings. The minimum Gasteiger partial charge on any atom is -0.492 e. The lowest BCUT2D eigenvalue weighted by molar-refractivity contribution is 0.0775. The molecule has 0 aliphatic carbocycles. The van der Waals surface area contributed by atoms with Gasteiger partial charge in [0.15, 0.2) is 0 Å². The number of fused-ring (bicyclic) bond motifs is 1. The van der Waals surface area contributed by atoms with Gasteiger partial charge in [0, 0.05) is 34.7 Å². The van der Waals surface area contributed by atoms with Gasteiger partial charge >= 0.3 is 0 Å². The van der Waals surface area contributed by atoms with Crippen LogP contribution in [0.2, 0.25) is 5.02 Å². The molecule has 0 spiro atoms. The monoisotopic (exact) mass is 328 g/mol. The van der Waals surface area contributed by atoms with E-state index in [1.165, 1.54) is 0 Å². The maximum atomic E-state index is 12.6. The van der Waals surface area contributed by atoms with Crippen molar-refractivity contribution in [3.05, 3.63) is 65.3 Å². The third kappa shape index (κ3) is 3.48. The summed E-state index contributed by atoms with van der Waals surface area (Å²) in [6.45, 7) is 0.901. The molecule has 1 aromatic heterocycles. The molecule has 0 saturated heterocycles. The number of carbonyl (C=O) groups excluding carboxylic acids is 1. The highest BCUT2D eigenvalue weighted by Crippen LogP contribution is 2.19. The van der Waals surface area contributed by atoms with E-state index in [9.17, 15) is 4.79 Å². The molecule has 3 rings (SSSR count). The van der Waals surface area contributed by atoms with Gasteiger partial charge in [-0.15, -0.1) is 0 Å². The van der Waals surface area contributed by atoms with Crippen molar-refractivity contribution in [1.82, 2.24) is 9.88 Å². The molecule has 0 unspecified atom stereocenters. The highest BCUT2D eigenvalue weighted by molar-refractivity contribution is 6.30. The van der Waals surface area contributed by atoms with Crippen LogP contribution < -0.4 is 4.74 Å². The minimum absolute atomic E-state index is 0.0232. The summed E-state index contributed by atoms with van der Waals surface area (Å²) in [6, 6.07) is 14.8. The number of benzene rings is 2. The van der Waals surface area contributed by atoms with Crippen molar-refractivity contribution in [3.63, 3.8) is 0 Å². The van der Waals surface area contributed by atoms with E-state index in [1.807, 2.05) is 42.6 Å². The van der Waals surface area contributed by atoms with E-state index in [4.69, 9.17) is 16.3 Å². The third-order valence-corrected chi connectivity index (χ3v) is 3.90. The average Bonchev–Trinajstić information content (AvgIpc) is 3.02. The first-order valence-electron chi connectivity index (χ1n) is 7.35. The van der Waals surface area contributed by atoms with Gasteiger partial charge in [-0.05, 0) is 36.4 Å². The summed E-state index contributed by atoms with van der Waals surface area (Å²) in [5.74, 6) is 0.677. The van der Waals surface area contributed by atoms with E-state index in [1.54, 1.807) is 24.1 Å². The zero-order valence-corrected chi connectivity index (χ0v) is 13.5. The number of rotatable bonds is 5. The van der Waals surface area contributed by atoms with Gasteiger partial charge in [0.2, 0.25) is 0 Å². The van der Waals surface area contributed by atoms with Crippen molar-refractivity contribution in [2.24, 2.45) is 0 Å². The lowest BCUT2D eigenvalue weighted by Crippen LogP contribution is -2.31. The first-order valence-corrected chi connectivity index (χ1v) is 7.73. The lowest BCUT2D eigenvalue weighted by Gasteiger charge is -2.18. The Morgan fingerprint density at radius 1 is 1.22 bits per heavy atom. The van der Waals surface area contributed by atoms with Gasteiger partial charge in [-0.1, -0.05) is 23.7 Å². The van der Waals surface area contributed by atoms with E-state index >= 15 is 0 Å². The molecule has 0 saturated carbocycles. The molecule has 1 heterocycles. The second-order valence-electron chi connectivity index (χ2n) is 5.28. The number of hydrogen-bond donors (Lipinski definition) is 1. The molecule has 1 amide bonds. The summed E-state index contributed by atoms with van der Waals surface area (Å²) in [6.07, 6.45) is 1.84. The van der Waals surface area contributed by atoms with Gasteiger partial charge in [-0.2, -0.15) is 0 Å². The van der Waals surface area contributed by atoms with Crippen molar-refractivity contribution in [1.29, 1.82) is 0 Å². The Morgan fingerprint density at radius 2 is 2.04 bits per heavy atom. The number of halogens is 1. The molecule has 4 nitrogen and oxygen atoms in total. The van der Waals surface area contributed by atoms with Crippen LogP contribution in [0.25, 0.3) is 10.9 Å².